The fourth-order valence-corrected chi connectivity index (χ4v) is 4.31. The van der Waals surface area contributed by atoms with Gasteiger partial charge in [-0.1, -0.05) is 12.1 Å². The molecule has 1 aliphatic heterocycles. The van der Waals surface area contributed by atoms with Crippen LogP contribution in [0.1, 0.15) is 28.3 Å². The maximum atomic E-state index is 13.7. The first-order valence-corrected chi connectivity index (χ1v) is 10.3. The lowest BCUT2D eigenvalue weighted by molar-refractivity contribution is -0.384. The number of nitro benzene ring substituents is 1. The molecule has 8 nitrogen and oxygen atoms in total. The van der Waals surface area contributed by atoms with Crippen molar-refractivity contribution >= 4 is 27.3 Å². The molecule has 0 aliphatic carbocycles. The second-order valence-corrected chi connectivity index (χ2v) is 7.81. The van der Waals surface area contributed by atoms with Gasteiger partial charge in [0, 0.05) is 40.7 Å². The van der Waals surface area contributed by atoms with Crippen molar-refractivity contribution in [1.29, 1.82) is 0 Å². The zero-order valence-electron chi connectivity index (χ0n) is 16.6. The van der Waals surface area contributed by atoms with Crippen LogP contribution in [0.5, 0.6) is 0 Å². The number of nitrogens with one attached hydrogen (secondary N) is 1. The van der Waals surface area contributed by atoms with Crippen molar-refractivity contribution in [2.45, 2.75) is 19.1 Å². The molecule has 0 saturated carbocycles. The molecule has 1 N–H and O–H groups in total. The Balaban J connectivity index is 2.00. The maximum Gasteiger partial charge on any atom is 0.417 e. The van der Waals surface area contributed by atoms with Crippen LogP contribution in [0.2, 0.25) is 0 Å². The molecule has 4 rings (SSSR count). The predicted octanol–water partition coefficient (Wildman–Crippen LogP) is 4.07. The van der Waals surface area contributed by atoms with Gasteiger partial charge in [-0.15, -0.1) is 10.2 Å². The quantitative estimate of drug-likeness (QED) is 0.413. The molecule has 1 aromatic heterocycles. The number of nitro groups is 1. The Morgan fingerprint density at radius 2 is 2.03 bits per heavy atom. The Bertz CT molecular complexity index is 1240. The van der Waals surface area contributed by atoms with Crippen LogP contribution in [0.15, 0.2) is 45.9 Å². The summed E-state index contributed by atoms with van der Waals surface area (Å²) < 4.78 is 42.6. The number of halogens is 4. The number of alkyl halides is 3. The molecule has 0 fully saturated rings. The van der Waals surface area contributed by atoms with E-state index >= 15 is 0 Å². The third-order valence-corrected chi connectivity index (χ3v) is 5.83. The van der Waals surface area contributed by atoms with Crippen molar-refractivity contribution in [3.8, 4) is 5.69 Å². The number of hydrogen-bond donors (Lipinski definition) is 1. The van der Waals surface area contributed by atoms with Gasteiger partial charge in [-0.3, -0.25) is 19.7 Å². The van der Waals surface area contributed by atoms with Crippen LogP contribution in [0.3, 0.4) is 0 Å². The summed E-state index contributed by atoms with van der Waals surface area (Å²) in [6, 6.07) is 8.01. The van der Waals surface area contributed by atoms with Gasteiger partial charge in [0.25, 0.3) is 5.69 Å². The summed E-state index contributed by atoms with van der Waals surface area (Å²) in [6.07, 6.45) is -4.12. The van der Waals surface area contributed by atoms with Crippen molar-refractivity contribution < 1.29 is 18.1 Å². The summed E-state index contributed by atoms with van der Waals surface area (Å²) in [4.78, 5) is 15.2. The van der Waals surface area contributed by atoms with Gasteiger partial charge in [0.1, 0.15) is 12.4 Å². The average molecular weight is 509 g/mol. The number of aliphatic imine (C=N–C) groups is 1. The average Bonchev–Trinajstić information content (AvgIpc) is 3.06. The molecule has 32 heavy (non-hydrogen) atoms. The highest BCUT2D eigenvalue weighted by Crippen LogP contribution is 2.41. The van der Waals surface area contributed by atoms with E-state index in [1.54, 1.807) is 17.7 Å². The van der Waals surface area contributed by atoms with E-state index < -0.39 is 16.7 Å². The van der Waals surface area contributed by atoms with Crippen LogP contribution in [0.25, 0.3) is 5.69 Å². The van der Waals surface area contributed by atoms with E-state index in [1.807, 2.05) is 0 Å². The second-order valence-electron chi connectivity index (χ2n) is 7.01. The van der Waals surface area contributed by atoms with E-state index in [4.69, 9.17) is 0 Å². The van der Waals surface area contributed by atoms with Crippen molar-refractivity contribution in [2.24, 2.45) is 4.99 Å². The van der Waals surface area contributed by atoms with Gasteiger partial charge < -0.3 is 5.32 Å². The topological polar surface area (TPSA) is 98.2 Å². The number of nitrogens with zero attached hydrogens (tertiary/aromatic N) is 5. The number of likely N-dealkylation sites (N-methyl/N-ethyl adjacent to an activating group) is 1. The Morgan fingerprint density at radius 3 is 2.72 bits per heavy atom. The van der Waals surface area contributed by atoms with Gasteiger partial charge >= 0.3 is 6.18 Å². The fraction of sp³-hybridized carbons (Fsp3) is 0.250. The lowest BCUT2D eigenvalue weighted by Crippen LogP contribution is -2.17. The lowest BCUT2D eigenvalue weighted by Gasteiger charge is -2.19. The lowest BCUT2D eigenvalue weighted by atomic mass is 9.97. The Hall–Kier alpha value is -3.12. The van der Waals surface area contributed by atoms with Crippen LogP contribution < -0.4 is 5.32 Å². The highest BCUT2D eigenvalue weighted by Gasteiger charge is 2.36. The largest absolute Gasteiger partial charge is 0.417 e. The summed E-state index contributed by atoms with van der Waals surface area (Å²) in [5, 5.41) is 22.6. The van der Waals surface area contributed by atoms with Gasteiger partial charge in [-0.05, 0) is 35.1 Å². The summed E-state index contributed by atoms with van der Waals surface area (Å²) in [6.45, 7) is 0.640. The number of non-ortho nitro benzene ring substituents is 1. The Morgan fingerprint density at radius 1 is 1.25 bits per heavy atom. The first-order valence-electron chi connectivity index (χ1n) is 9.50. The first-order chi connectivity index (χ1) is 15.2. The molecule has 1 aliphatic rings. The molecule has 0 unspecified atom stereocenters. The van der Waals surface area contributed by atoms with E-state index in [0.717, 1.165) is 6.07 Å². The zero-order chi connectivity index (χ0) is 23.0. The zero-order valence-corrected chi connectivity index (χ0v) is 18.2. The minimum Gasteiger partial charge on any atom is -0.319 e. The molecule has 2 heterocycles. The summed E-state index contributed by atoms with van der Waals surface area (Å²) in [5.74, 6) is 1.03. The van der Waals surface area contributed by atoms with Crippen LogP contribution in [0.4, 0.5) is 18.9 Å². The summed E-state index contributed by atoms with van der Waals surface area (Å²) >= 11 is 3.14. The third kappa shape index (κ3) is 3.91. The second kappa shape index (κ2) is 8.43. The summed E-state index contributed by atoms with van der Waals surface area (Å²) in [7, 11) is 1.78. The molecule has 0 saturated heterocycles. The molecular formula is C20H16BrF3N6O2. The molecule has 0 spiro atoms. The first kappa shape index (κ1) is 22.1. The highest BCUT2D eigenvalue weighted by molar-refractivity contribution is 9.10. The van der Waals surface area contributed by atoms with Crippen molar-refractivity contribution in [2.75, 3.05) is 13.6 Å². The maximum absolute atomic E-state index is 13.7. The van der Waals surface area contributed by atoms with E-state index in [1.165, 1.54) is 24.3 Å². The Kier molecular flexibility index (Phi) is 5.82. The molecule has 166 valence electrons. The number of fused-ring (bicyclic) bond motifs is 3. The fourth-order valence-electron chi connectivity index (χ4n) is 3.56. The highest BCUT2D eigenvalue weighted by atomic mass is 79.9. The van der Waals surface area contributed by atoms with Crippen LogP contribution in [-0.4, -0.2) is 39.0 Å². The van der Waals surface area contributed by atoms with Gasteiger partial charge in [-0.2, -0.15) is 13.2 Å². The molecule has 12 heteroatoms. The molecule has 0 radical (unpaired) electrons. The van der Waals surface area contributed by atoms with Gasteiger partial charge in [0.15, 0.2) is 5.82 Å². The molecule has 0 bridgehead atoms. The number of benzene rings is 2. The van der Waals surface area contributed by atoms with E-state index in [2.05, 4.69) is 36.4 Å². The number of hydrogen-bond acceptors (Lipinski definition) is 6. The monoisotopic (exact) mass is 508 g/mol. The third-order valence-electron chi connectivity index (χ3n) is 5.01. The molecule has 3 aromatic rings. The molecule has 0 amide bonds. The van der Waals surface area contributed by atoms with Gasteiger partial charge in [-0.25, -0.2) is 0 Å². The minimum atomic E-state index is -4.61. The van der Waals surface area contributed by atoms with Crippen molar-refractivity contribution in [3.05, 3.63) is 79.3 Å². The normalized spacial score (nSPS) is 13.2. The van der Waals surface area contributed by atoms with E-state index in [-0.39, 0.29) is 28.0 Å². The van der Waals surface area contributed by atoms with Crippen molar-refractivity contribution in [1.82, 2.24) is 20.1 Å². The summed E-state index contributed by atoms with van der Waals surface area (Å²) in [5.41, 5.74) is 0.0573. The van der Waals surface area contributed by atoms with Crippen LogP contribution in [0, 0.1) is 10.1 Å². The SMILES string of the molecule is CNCCc1nnc2n1-c1ccc(C(F)(F)F)c(Br)c1C(c1cccc([N+](=O)[O-])c1)=NC2. The van der Waals surface area contributed by atoms with E-state index in [0.29, 0.717) is 35.9 Å². The Labute approximate surface area is 188 Å². The predicted molar refractivity (Wildman–Crippen MR) is 114 cm³/mol. The minimum absolute atomic E-state index is 0.0487. The standard InChI is InChI=1S/C20H16BrF3N6O2/c1-25-8-7-15-27-28-16-10-26-19(11-3-2-4-12(9-11)30(31)32)17-14(29(15)16)6-5-13(18(17)21)20(22,23)24/h2-6,9,25H,7-8,10H2,1H3. The number of aromatic nitrogens is 3. The van der Waals surface area contributed by atoms with Crippen LogP contribution >= 0.6 is 15.9 Å². The van der Waals surface area contributed by atoms with Crippen LogP contribution in [-0.2, 0) is 19.1 Å². The number of rotatable bonds is 5. The molecule has 2 aromatic carbocycles. The smallest absolute Gasteiger partial charge is 0.319 e. The molecular weight excluding hydrogens is 493 g/mol. The van der Waals surface area contributed by atoms with Gasteiger partial charge in [0.2, 0.25) is 0 Å². The van der Waals surface area contributed by atoms with E-state index in [9.17, 15) is 23.3 Å². The van der Waals surface area contributed by atoms with Gasteiger partial charge in [0.05, 0.1) is 21.9 Å². The molecule has 0 atom stereocenters. The van der Waals surface area contributed by atoms with Crippen molar-refractivity contribution in [3.63, 3.8) is 0 Å².